The van der Waals surface area contributed by atoms with Gasteiger partial charge < -0.3 is 20.4 Å². The van der Waals surface area contributed by atoms with Gasteiger partial charge in [0.25, 0.3) is 0 Å². The summed E-state index contributed by atoms with van der Waals surface area (Å²) in [4.78, 5) is 0. The summed E-state index contributed by atoms with van der Waals surface area (Å²) in [6, 6.07) is 0. The predicted octanol–water partition coefficient (Wildman–Crippen LogP) is -1.92. The minimum Gasteiger partial charge on any atom is -0.394 e. The molecule has 4 N–H and O–H groups in total. The van der Waals surface area contributed by atoms with Gasteiger partial charge in [-0.25, -0.2) is 0 Å². The van der Waals surface area contributed by atoms with Crippen LogP contribution in [0.3, 0.4) is 0 Å². The minimum absolute atomic E-state index is 0.548. The van der Waals surface area contributed by atoms with Crippen molar-refractivity contribution in [2.75, 3.05) is 13.2 Å². The molecule has 0 rings (SSSR count). The molecule has 0 saturated heterocycles. The van der Waals surface area contributed by atoms with Crippen LogP contribution in [-0.4, -0.2) is 45.3 Å². The molecule has 0 aliphatic carbocycles. The number of hydrogen-bond acceptors (Lipinski definition) is 4. The fraction of sp³-hybridized carbons (Fsp3) is 1.00. The van der Waals surface area contributed by atoms with Gasteiger partial charge in [-0.15, -0.1) is 0 Å². The van der Waals surface area contributed by atoms with Gasteiger partial charge in [-0.1, -0.05) is 0 Å². The molecule has 0 aromatic heterocycles. The molecular formula is C5H12O4. The third-order valence-electron chi connectivity index (χ3n) is 1.21. The van der Waals surface area contributed by atoms with Crippen LogP contribution >= 0.6 is 0 Å². The zero-order valence-corrected chi connectivity index (χ0v) is 5.28. The zero-order valence-electron chi connectivity index (χ0n) is 5.28. The van der Waals surface area contributed by atoms with Crippen LogP contribution in [-0.2, 0) is 0 Å². The van der Waals surface area contributed by atoms with Gasteiger partial charge in [0.15, 0.2) is 0 Å². The van der Waals surface area contributed by atoms with Crippen molar-refractivity contribution in [3.8, 4) is 0 Å². The highest BCUT2D eigenvalue weighted by atomic mass is 16.4. The maximum Gasteiger partial charge on any atom is 0.113 e. The summed E-state index contributed by atoms with van der Waals surface area (Å²) in [5.74, 6) is 0. The lowest BCUT2D eigenvalue weighted by molar-refractivity contribution is -0.108. The van der Waals surface area contributed by atoms with Gasteiger partial charge in [-0.2, -0.15) is 0 Å². The van der Waals surface area contributed by atoms with Crippen molar-refractivity contribution in [2.45, 2.75) is 18.6 Å². The van der Waals surface area contributed by atoms with Gasteiger partial charge >= 0.3 is 0 Å². The molecule has 0 aliphatic rings. The second kappa shape index (κ2) is 3.12. The van der Waals surface area contributed by atoms with Crippen LogP contribution < -0.4 is 0 Å². The highest BCUT2D eigenvalue weighted by Gasteiger charge is 2.28. The highest BCUT2D eigenvalue weighted by Crippen LogP contribution is 2.06. The monoisotopic (exact) mass is 136 g/mol. The average Bonchev–Trinajstić information content (AvgIpc) is 1.86. The minimum atomic E-state index is -1.59. The Morgan fingerprint density at radius 3 is 2.00 bits per heavy atom. The van der Waals surface area contributed by atoms with E-state index in [-0.39, 0.29) is 0 Å². The Bertz CT molecular complexity index is 81.0. The molecule has 0 radical (unpaired) electrons. The number of aliphatic hydroxyl groups excluding tert-OH is 3. The quantitative estimate of drug-likeness (QED) is 0.364. The SMILES string of the molecule is C[C@](O)(CO)C(O)CO. The van der Waals surface area contributed by atoms with Gasteiger partial charge in [0.05, 0.1) is 13.2 Å². The maximum absolute atomic E-state index is 8.93. The maximum atomic E-state index is 8.93. The van der Waals surface area contributed by atoms with Gasteiger partial charge in [-0.05, 0) is 6.92 Å². The molecule has 4 heteroatoms. The Labute approximate surface area is 53.4 Å². The lowest BCUT2D eigenvalue weighted by Crippen LogP contribution is -2.44. The average molecular weight is 136 g/mol. The van der Waals surface area contributed by atoms with E-state index >= 15 is 0 Å². The number of hydrogen-bond donors (Lipinski definition) is 4. The van der Waals surface area contributed by atoms with Crippen molar-refractivity contribution in [1.82, 2.24) is 0 Å². The smallest absolute Gasteiger partial charge is 0.113 e. The number of aliphatic hydroxyl groups is 4. The van der Waals surface area contributed by atoms with E-state index in [9.17, 15) is 0 Å². The first-order chi connectivity index (χ1) is 4.04. The zero-order chi connectivity index (χ0) is 7.49. The van der Waals surface area contributed by atoms with Gasteiger partial charge in [0.1, 0.15) is 11.7 Å². The van der Waals surface area contributed by atoms with Gasteiger partial charge in [0, 0.05) is 0 Å². The van der Waals surface area contributed by atoms with Crippen molar-refractivity contribution in [3.63, 3.8) is 0 Å². The molecule has 0 fully saturated rings. The first-order valence-electron chi connectivity index (χ1n) is 2.66. The van der Waals surface area contributed by atoms with E-state index in [0.29, 0.717) is 0 Å². The van der Waals surface area contributed by atoms with Crippen molar-refractivity contribution < 1.29 is 20.4 Å². The predicted molar refractivity (Wildman–Crippen MR) is 30.8 cm³/mol. The molecule has 4 nitrogen and oxygen atoms in total. The first-order valence-corrected chi connectivity index (χ1v) is 2.66. The van der Waals surface area contributed by atoms with Crippen LogP contribution in [0, 0.1) is 0 Å². The summed E-state index contributed by atoms with van der Waals surface area (Å²) < 4.78 is 0. The molecule has 1 unspecified atom stereocenters. The summed E-state index contributed by atoms with van der Waals surface area (Å²) in [6.07, 6.45) is -1.28. The molecule has 0 amide bonds. The van der Waals surface area contributed by atoms with Crippen LogP contribution in [0.4, 0.5) is 0 Å². The van der Waals surface area contributed by atoms with Crippen molar-refractivity contribution in [3.05, 3.63) is 0 Å². The summed E-state index contributed by atoms with van der Waals surface area (Å²) in [5.41, 5.74) is -1.59. The lowest BCUT2D eigenvalue weighted by atomic mass is 10.0. The van der Waals surface area contributed by atoms with E-state index in [1.54, 1.807) is 0 Å². The van der Waals surface area contributed by atoms with Crippen LogP contribution in [0.25, 0.3) is 0 Å². The molecule has 0 aliphatic heterocycles. The third kappa shape index (κ3) is 2.28. The second-order valence-corrected chi connectivity index (χ2v) is 2.21. The molecule has 0 heterocycles. The van der Waals surface area contributed by atoms with Crippen LogP contribution in [0.1, 0.15) is 6.92 Å². The van der Waals surface area contributed by atoms with Crippen molar-refractivity contribution in [1.29, 1.82) is 0 Å². The number of rotatable bonds is 3. The molecule has 0 aromatic carbocycles. The topological polar surface area (TPSA) is 80.9 Å². The van der Waals surface area contributed by atoms with Crippen LogP contribution in [0.2, 0.25) is 0 Å². The van der Waals surface area contributed by atoms with E-state index in [1.807, 2.05) is 0 Å². The summed E-state index contributed by atoms with van der Waals surface area (Å²) >= 11 is 0. The van der Waals surface area contributed by atoms with Crippen molar-refractivity contribution >= 4 is 0 Å². The van der Waals surface area contributed by atoms with Gasteiger partial charge in [-0.3, -0.25) is 0 Å². The van der Waals surface area contributed by atoms with E-state index < -0.39 is 24.9 Å². The third-order valence-corrected chi connectivity index (χ3v) is 1.21. The molecule has 0 spiro atoms. The largest absolute Gasteiger partial charge is 0.394 e. The molecule has 0 saturated carbocycles. The van der Waals surface area contributed by atoms with E-state index in [2.05, 4.69) is 0 Å². The Morgan fingerprint density at radius 2 is 1.89 bits per heavy atom. The Morgan fingerprint density at radius 1 is 1.44 bits per heavy atom. The van der Waals surface area contributed by atoms with E-state index in [0.717, 1.165) is 0 Å². The van der Waals surface area contributed by atoms with Gasteiger partial charge in [0.2, 0.25) is 0 Å². The Kier molecular flexibility index (Phi) is 3.07. The lowest BCUT2D eigenvalue weighted by Gasteiger charge is -2.24. The molecular weight excluding hydrogens is 124 g/mol. The van der Waals surface area contributed by atoms with Crippen molar-refractivity contribution in [2.24, 2.45) is 0 Å². The summed E-state index contributed by atoms with van der Waals surface area (Å²) in [5, 5.41) is 34.3. The van der Waals surface area contributed by atoms with E-state index in [4.69, 9.17) is 20.4 Å². The molecule has 9 heavy (non-hydrogen) atoms. The second-order valence-electron chi connectivity index (χ2n) is 2.21. The van der Waals surface area contributed by atoms with Crippen LogP contribution in [0.15, 0.2) is 0 Å². The van der Waals surface area contributed by atoms with E-state index in [1.165, 1.54) is 6.92 Å². The van der Waals surface area contributed by atoms with Crippen LogP contribution in [0.5, 0.6) is 0 Å². The summed E-state index contributed by atoms with van der Waals surface area (Å²) in [6.45, 7) is 0.135. The standard InChI is InChI=1S/C5H12O4/c1-5(9,3-7)4(8)2-6/h4,6-9H,2-3H2,1H3/t4?,5-/m0/s1. The molecule has 0 aromatic rings. The fourth-order valence-corrected chi connectivity index (χ4v) is 0.302. The molecule has 2 atom stereocenters. The molecule has 56 valence electrons. The highest BCUT2D eigenvalue weighted by molar-refractivity contribution is 4.79. The molecule has 0 bridgehead atoms. The Hall–Kier alpha value is -0.160. The fourth-order valence-electron chi connectivity index (χ4n) is 0.302. The summed E-state index contributed by atoms with van der Waals surface area (Å²) in [7, 11) is 0. The Balaban J connectivity index is 3.80. The normalized spacial score (nSPS) is 21.0. The first kappa shape index (κ1) is 8.84.